The molecule has 1 aliphatic heterocycles. The Morgan fingerprint density at radius 1 is 1.16 bits per heavy atom. The van der Waals surface area contributed by atoms with E-state index in [4.69, 9.17) is 16.3 Å². The Morgan fingerprint density at radius 3 is 2.53 bits per heavy atom. The third-order valence-electron chi connectivity index (χ3n) is 5.99. The highest BCUT2D eigenvalue weighted by atomic mass is 35.5. The van der Waals surface area contributed by atoms with E-state index in [0.717, 1.165) is 11.3 Å². The van der Waals surface area contributed by atoms with E-state index in [-0.39, 0.29) is 29.4 Å². The van der Waals surface area contributed by atoms with E-state index in [0.29, 0.717) is 28.3 Å². The molecule has 0 aromatic heterocycles. The third-order valence-corrected chi connectivity index (χ3v) is 6.24. The summed E-state index contributed by atoms with van der Waals surface area (Å²) in [6.45, 7) is 1.75. The van der Waals surface area contributed by atoms with Gasteiger partial charge in [-0.15, -0.1) is 0 Å². The predicted molar refractivity (Wildman–Crippen MR) is 119 cm³/mol. The van der Waals surface area contributed by atoms with Gasteiger partial charge in [-0.05, 0) is 42.5 Å². The smallest absolute Gasteiger partial charge is 0.336 e. The van der Waals surface area contributed by atoms with Crippen LogP contribution in [-0.2, 0) is 14.3 Å². The highest BCUT2D eigenvalue weighted by molar-refractivity contribution is 6.30. The molecule has 0 bridgehead atoms. The summed E-state index contributed by atoms with van der Waals surface area (Å²) in [6.07, 6.45) is 0.834. The summed E-state index contributed by atoms with van der Waals surface area (Å²) in [5.74, 6) is -1.46. The zero-order valence-corrected chi connectivity index (χ0v) is 18.3. The second-order valence-corrected chi connectivity index (χ2v) is 8.35. The first-order chi connectivity index (χ1) is 15.3. The van der Waals surface area contributed by atoms with Crippen LogP contribution in [0.3, 0.4) is 0 Å². The van der Waals surface area contributed by atoms with Crippen LogP contribution in [0.1, 0.15) is 42.7 Å². The quantitative estimate of drug-likeness (QED) is 0.407. The van der Waals surface area contributed by atoms with Gasteiger partial charge in [-0.2, -0.15) is 0 Å². The molecule has 4 rings (SSSR count). The lowest BCUT2D eigenvalue weighted by molar-refractivity contribution is -0.384. The number of methoxy groups -OCH3 is 1. The summed E-state index contributed by atoms with van der Waals surface area (Å²) in [5, 5.41) is 15.2. The molecule has 8 heteroatoms. The molecule has 1 aliphatic carbocycles. The van der Waals surface area contributed by atoms with Gasteiger partial charge in [0.25, 0.3) is 5.69 Å². The number of nitrogens with zero attached hydrogens (tertiary/aromatic N) is 1. The van der Waals surface area contributed by atoms with Crippen molar-refractivity contribution in [1.82, 2.24) is 5.32 Å². The molecule has 2 aromatic rings. The number of non-ortho nitro benzene ring substituents is 1. The number of nitrogens with one attached hydrogen (secondary N) is 1. The Kier molecular flexibility index (Phi) is 5.84. The summed E-state index contributed by atoms with van der Waals surface area (Å²) in [7, 11) is 1.27. The van der Waals surface area contributed by atoms with Crippen molar-refractivity contribution < 1.29 is 19.2 Å². The largest absolute Gasteiger partial charge is 0.466 e. The average Bonchev–Trinajstić information content (AvgIpc) is 2.78. The molecule has 1 N–H and O–H groups in total. The molecule has 2 aliphatic rings. The van der Waals surface area contributed by atoms with Crippen molar-refractivity contribution in [3.8, 4) is 0 Å². The molecule has 32 heavy (non-hydrogen) atoms. The fourth-order valence-electron chi connectivity index (χ4n) is 4.54. The monoisotopic (exact) mass is 452 g/mol. The summed E-state index contributed by atoms with van der Waals surface area (Å²) in [6, 6.07) is 13.5. The predicted octanol–water partition coefficient (Wildman–Crippen LogP) is 4.78. The Morgan fingerprint density at radius 2 is 1.88 bits per heavy atom. The molecule has 164 valence electrons. The van der Waals surface area contributed by atoms with Crippen LogP contribution in [-0.4, -0.2) is 23.8 Å². The lowest BCUT2D eigenvalue weighted by Gasteiger charge is -2.36. The molecule has 0 saturated heterocycles. The van der Waals surface area contributed by atoms with Gasteiger partial charge < -0.3 is 10.1 Å². The van der Waals surface area contributed by atoms with Gasteiger partial charge in [-0.3, -0.25) is 14.9 Å². The standard InChI is InChI=1S/C24H21ClN2O5/c1-13-21(24(29)32-2)22(15-4-3-5-18(10-15)27(30)31)23-19(26-13)11-16(12-20(23)28)14-6-8-17(25)9-7-14/h3-10,16,22,26H,11-12H2,1-2H3/t16-,22-/m1/s1. The number of Topliss-reactive ketones (excluding diaryl/α,β-unsaturated/α-hetero) is 1. The number of carbonyl (C=O) groups is 2. The Labute approximate surface area is 189 Å². The lowest BCUT2D eigenvalue weighted by atomic mass is 9.71. The van der Waals surface area contributed by atoms with E-state index in [1.165, 1.54) is 19.2 Å². The molecule has 7 nitrogen and oxygen atoms in total. The Balaban J connectivity index is 1.82. The number of rotatable bonds is 4. The third kappa shape index (κ3) is 3.91. The second-order valence-electron chi connectivity index (χ2n) is 7.91. The number of carbonyl (C=O) groups excluding carboxylic acids is 2. The van der Waals surface area contributed by atoms with E-state index in [9.17, 15) is 19.7 Å². The average molecular weight is 453 g/mol. The van der Waals surface area contributed by atoms with Gasteiger partial charge in [0.05, 0.1) is 17.6 Å². The van der Waals surface area contributed by atoms with E-state index >= 15 is 0 Å². The summed E-state index contributed by atoms with van der Waals surface area (Å²) in [5.41, 5.74) is 3.44. The highest BCUT2D eigenvalue weighted by Crippen LogP contribution is 2.46. The molecular formula is C24H21ClN2O5. The van der Waals surface area contributed by atoms with Crippen LogP contribution in [0.4, 0.5) is 5.69 Å². The molecule has 1 heterocycles. The van der Waals surface area contributed by atoms with Gasteiger partial charge in [-0.25, -0.2) is 4.79 Å². The second kappa shape index (κ2) is 8.59. The zero-order valence-electron chi connectivity index (χ0n) is 17.6. The number of dihydropyridines is 1. The molecule has 2 aromatic carbocycles. The van der Waals surface area contributed by atoms with Crippen molar-refractivity contribution in [2.24, 2.45) is 0 Å². The molecule has 0 unspecified atom stereocenters. The van der Waals surface area contributed by atoms with Crippen LogP contribution >= 0.6 is 11.6 Å². The number of hydrogen-bond donors (Lipinski definition) is 1. The number of hydrogen-bond acceptors (Lipinski definition) is 6. The normalized spacial score (nSPS) is 20.5. The molecule has 0 amide bonds. The van der Waals surface area contributed by atoms with Crippen molar-refractivity contribution in [1.29, 1.82) is 0 Å². The maximum atomic E-state index is 13.4. The first-order valence-electron chi connectivity index (χ1n) is 10.1. The minimum Gasteiger partial charge on any atom is -0.466 e. The zero-order chi connectivity index (χ0) is 23.0. The van der Waals surface area contributed by atoms with Crippen molar-refractivity contribution in [3.63, 3.8) is 0 Å². The number of benzene rings is 2. The molecular weight excluding hydrogens is 432 g/mol. The van der Waals surface area contributed by atoms with Crippen LogP contribution in [0.15, 0.2) is 71.1 Å². The number of nitro benzene ring substituents is 1. The minimum atomic E-state index is -0.739. The number of nitro groups is 1. The highest BCUT2D eigenvalue weighted by Gasteiger charge is 2.41. The number of allylic oxidation sites excluding steroid dienone is 3. The van der Waals surface area contributed by atoms with Crippen LogP contribution < -0.4 is 5.32 Å². The Hall–Kier alpha value is -3.45. The summed E-state index contributed by atoms with van der Waals surface area (Å²) >= 11 is 6.00. The molecule has 0 radical (unpaired) electrons. The first kappa shape index (κ1) is 21.8. The first-order valence-corrected chi connectivity index (χ1v) is 10.5. The van der Waals surface area contributed by atoms with Crippen LogP contribution in [0.2, 0.25) is 5.02 Å². The SMILES string of the molecule is COC(=O)C1=C(C)NC2=C(C(=O)C[C@H](c3ccc(Cl)cc3)C2)[C@@H]1c1cccc([N+](=O)[O-])c1. The lowest BCUT2D eigenvalue weighted by Crippen LogP contribution is -2.36. The molecule has 2 atom stereocenters. The number of ether oxygens (including phenoxy) is 1. The van der Waals surface area contributed by atoms with Crippen molar-refractivity contribution >= 4 is 29.0 Å². The van der Waals surface area contributed by atoms with Crippen LogP contribution in [0.25, 0.3) is 0 Å². The summed E-state index contributed by atoms with van der Waals surface area (Å²) in [4.78, 5) is 36.9. The minimum absolute atomic E-state index is 0.0377. The number of ketones is 1. The van der Waals surface area contributed by atoms with Gasteiger partial charge in [-0.1, -0.05) is 35.9 Å². The van der Waals surface area contributed by atoms with Crippen LogP contribution in [0, 0.1) is 10.1 Å². The molecule has 0 spiro atoms. The van der Waals surface area contributed by atoms with Gasteiger partial charge >= 0.3 is 5.97 Å². The number of esters is 1. The fraction of sp³-hybridized carbons (Fsp3) is 0.250. The van der Waals surface area contributed by atoms with Gasteiger partial charge in [0, 0.05) is 46.5 Å². The topological polar surface area (TPSA) is 98.5 Å². The van der Waals surface area contributed by atoms with Crippen molar-refractivity contribution in [2.45, 2.75) is 31.6 Å². The van der Waals surface area contributed by atoms with E-state index < -0.39 is 16.8 Å². The van der Waals surface area contributed by atoms with Crippen molar-refractivity contribution in [2.75, 3.05) is 7.11 Å². The van der Waals surface area contributed by atoms with E-state index in [1.807, 2.05) is 12.1 Å². The number of halogens is 1. The summed E-state index contributed by atoms with van der Waals surface area (Å²) < 4.78 is 4.99. The maximum Gasteiger partial charge on any atom is 0.336 e. The van der Waals surface area contributed by atoms with Gasteiger partial charge in [0.1, 0.15) is 0 Å². The van der Waals surface area contributed by atoms with Gasteiger partial charge in [0.15, 0.2) is 5.78 Å². The fourth-order valence-corrected chi connectivity index (χ4v) is 4.67. The van der Waals surface area contributed by atoms with E-state index in [2.05, 4.69) is 5.32 Å². The van der Waals surface area contributed by atoms with Crippen molar-refractivity contribution in [3.05, 3.63) is 97.3 Å². The van der Waals surface area contributed by atoms with Crippen LogP contribution in [0.5, 0.6) is 0 Å². The molecule has 0 saturated carbocycles. The van der Waals surface area contributed by atoms with E-state index in [1.54, 1.807) is 31.2 Å². The maximum absolute atomic E-state index is 13.4. The van der Waals surface area contributed by atoms with Gasteiger partial charge in [0.2, 0.25) is 0 Å². The Bertz CT molecular complexity index is 1180. The molecule has 0 fully saturated rings.